The van der Waals surface area contributed by atoms with Crippen LogP contribution in [0.4, 0.5) is 0 Å². The van der Waals surface area contributed by atoms with Crippen molar-refractivity contribution in [2.24, 2.45) is 0 Å². The van der Waals surface area contributed by atoms with E-state index in [1.54, 1.807) is 25.1 Å². The summed E-state index contributed by atoms with van der Waals surface area (Å²) in [5.41, 5.74) is 2.14. The molecule has 0 aliphatic carbocycles. The maximum Gasteiger partial charge on any atom is 0.339 e. The summed E-state index contributed by atoms with van der Waals surface area (Å²) in [5, 5.41) is 0. The first kappa shape index (κ1) is 24.7. The van der Waals surface area contributed by atoms with Gasteiger partial charge < -0.3 is 23.2 Å². The topological polar surface area (TPSA) is 88.1 Å². The van der Waals surface area contributed by atoms with Crippen molar-refractivity contribution in [3.05, 3.63) is 47.0 Å². The summed E-state index contributed by atoms with van der Waals surface area (Å²) in [6.45, 7) is 5.57. The van der Waals surface area contributed by atoms with Crippen molar-refractivity contribution < 1.29 is 31.6 Å². The summed E-state index contributed by atoms with van der Waals surface area (Å²) in [4.78, 5) is 11.0. The molecule has 170 valence electrons. The summed E-state index contributed by atoms with van der Waals surface area (Å²) in [7, 11) is -1.06. The van der Waals surface area contributed by atoms with E-state index in [2.05, 4.69) is 0 Å². The first-order valence-corrected chi connectivity index (χ1v) is 11.5. The molecule has 2 aromatic rings. The Bertz CT molecular complexity index is 982. The molecular formula is C23H30O7S. The molecule has 1 atom stereocenters. The third kappa shape index (κ3) is 5.98. The lowest BCUT2D eigenvalue weighted by Gasteiger charge is -2.23. The molecule has 0 saturated heterocycles. The highest BCUT2D eigenvalue weighted by Crippen LogP contribution is 2.45. The van der Waals surface area contributed by atoms with Crippen LogP contribution in [-0.4, -0.2) is 35.7 Å². The quantitative estimate of drug-likeness (QED) is 0.267. The van der Waals surface area contributed by atoms with Crippen LogP contribution in [0.25, 0.3) is 0 Å². The smallest absolute Gasteiger partial charge is 0.339 e. The second kappa shape index (κ2) is 11.2. The number of carbonyl (C=O) groups is 1. The SMILES string of the molecule is CCC(CCC=O)c1cc(OS(=O)(=O)c2ccc(C)cc2)c(C)c(OC)c1OCOC. The van der Waals surface area contributed by atoms with Crippen molar-refractivity contribution in [3.63, 3.8) is 0 Å². The molecule has 1 unspecified atom stereocenters. The van der Waals surface area contributed by atoms with Gasteiger partial charge in [0.1, 0.15) is 16.9 Å². The van der Waals surface area contributed by atoms with Crippen LogP contribution in [0, 0.1) is 13.8 Å². The van der Waals surface area contributed by atoms with Crippen molar-refractivity contribution >= 4 is 16.4 Å². The van der Waals surface area contributed by atoms with Gasteiger partial charge in [-0.3, -0.25) is 0 Å². The highest BCUT2D eigenvalue weighted by Gasteiger charge is 2.26. The molecule has 0 bridgehead atoms. The summed E-state index contributed by atoms with van der Waals surface area (Å²) in [5.74, 6) is 0.922. The maximum atomic E-state index is 12.9. The van der Waals surface area contributed by atoms with Crippen LogP contribution < -0.4 is 13.7 Å². The number of rotatable bonds is 12. The Balaban J connectivity index is 2.60. The number of carbonyl (C=O) groups excluding carboxylic acids is 1. The highest BCUT2D eigenvalue weighted by molar-refractivity contribution is 7.87. The zero-order chi connectivity index (χ0) is 23.0. The van der Waals surface area contributed by atoms with Gasteiger partial charge in [-0.1, -0.05) is 24.6 Å². The van der Waals surface area contributed by atoms with Gasteiger partial charge in [0, 0.05) is 24.7 Å². The van der Waals surface area contributed by atoms with E-state index >= 15 is 0 Å². The summed E-state index contributed by atoms with van der Waals surface area (Å²) in [6.07, 6.45) is 2.53. The molecule has 0 aromatic heterocycles. The molecule has 0 radical (unpaired) electrons. The van der Waals surface area contributed by atoms with Crippen molar-refractivity contribution in [3.8, 4) is 17.2 Å². The largest absolute Gasteiger partial charge is 0.492 e. The van der Waals surface area contributed by atoms with Gasteiger partial charge in [0.15, 0.2) is 18.3 Å². The van der Waals surface area contributed by atoms with E-state index in [1.165, 1.54) is 26.4 Å². The lowest BCUT2D eigenvalue weighted by molar-refractivity contribution is -0.108. The third-order valence-electron chi connectivity index (χ3n) is 5.07. The van der Waals surface area contributed by atoms with E-state index in [-0.39, 0.29) is 23.4 Å². The third-order valence-corrected chi connectivity index (χ3v) is 6.31. The minimum absolute atomic E-state index is 0.00517. The first-order chi connectivity index (χ1) is 14.8. The molecule has 0 heterocycles. The van der Waals surface area contributed by atoms with Crippen molar-refractivity contribution in [1.29, 1.82) is 0 Å². The monoisotopic (exact) mass is 450 g/mol. The van der Waals surface area contributed by atoms with E-state index in [0.29, 0.717) is 41.9 Å². The van der Waals surface area contributed by atoms with Crippen LogP contribution >= 0.6 is 0 Å². The fourth-order valence-corrected chi connectivity index (χ4v) is 4.33. The molecular weight excluding hydrogens is 420 g/mol. The number of hydrogen-bond acceptors (Lipinski definition) is 7. The molecule has 0 saturated carbocycles. The standard InChI is InChI=1S/C23H30O7S/c1-6-18(8-7-13-24)20-14-21(17(3)22(28-5)23(20)29-15-27-4)30-31(25,26)19-11-9-16(2)10-12-19/h9-14,18H,6-8,15H2,1-5H3. The predicted octanol–water partition coefficient (Wildman–Crippen LogP) is 4.54. The molecule has 8 heteroatoms. The van der Waals surface area contributed by atoms with Crippen LogP contribution in [0.2, 0.25) is 0 Å². The zero-order valence-corrected chi connectivity index (χ0v) is 19.5. The molecule has 0 N–H and O–H groups in total. The average molecular weight is 451 g/mol. The summed E-state index contributed by atoms with van der Waals surface area (Å²) >= 11 is 0. The van der Waals surface area contributed by atoms with Crippen molar-refractivity contribution in [2.75, 3.05) is 21.0 Å². The molecule has 0 fully saturated rings. The van der Waals surface area contributed by atoms with Gasteiger partial charge in [-0.15, -0.1) is 0 Å². The number of hydrogen-bond donors (Lipinski definition) is 0. The lowest BCUT2D eigenvalue weighted by atomic mass is 9.90. The van der Waals surface area contributed by atoms with Crippen LogP contribution in [-0.2, 0) is 19.6 Å². The van der Waals surface area contributed by atoms with Crippen LogP contribution in [0.15, 0.2) is 35.2 Å². The molecule has 0 aliphatic rings. The van der Waals surface area contributed by atoms with Gasteiger partial charge >= 0.3 is 10.1 Å². The Labute approximate surface area is 184 Å². The Morgan fingerprint density at radius 1 is 1.06 bits per heavy atom. The number of methoxy groups -OCH3 is 2. The van der Waals surface area contributed by atoms with Gasteiger partial charge in [0.25, 0.3) is 0 Å². The van der Waals surface area contributed by atoms with E-state index in [0.717, 1.165) is 11.8 Å². The number of aryl methyl sites for hydroxylation is 1. The summed E-state index contributed by atoms with van der Waals surface area (Å²) < 4.78 is 47.7. The maximum absolute atomic E-state index is 12.9. The molecule has 0 aliphatic heterocycles. The van der Waals surface area contributed by atoms with Crippen molar-refractivity contribution in [1.82, 2.24) is 0 Å². The Hall–Kier alpha value is -2.58. The first-order valence-electron chi connectivity index (χ1n) is 10.1. The minimum Gasteiger partial charge on any atom is -0.492 e. The average Bonchev–Trinajstić information content (AvgIpc) is 2.75. The molecule has 2 rings (SSSR count). The Kier molecular flexibility index (Phi) is 8.88. The second-order valence-electron chi connectivity index (χ2n) is 7.20. The van der Waals surface area contributed by atoms with Crippen LogP contribution in [0.1, 0.15) is 48.8 Å². The molecule has 0 spiro atoms. The van der Waals surface area contributed by atoms with Gasteiger partial charge in [-0.25, -0.2) is 0 Å². The van der Waals surface area contributed by atoms with E-state index in [4.69, 9.17) is 18.4 Å². The summed E-state index contributed by atoms with van der Waals surface area (Å²) in [6, 6.07) is 8.10. The Morgan fingerprint density at radius 3 is 2.29 bits per heavy atom. The van der Waals surface area contributed by atoms with E-state index < -0.39 is 10.1 Å². The van der Waals surface area contributed by atoms with Crippen LogP contribution in [0.5, 0.6) is 17.2 Å². The van der Waals surface area contributed by atoms with E-state index in [1.807, 2.05) is 13.8 Å². The number of ether oxygens (including phenoxy) is 3. The van der Waals surface area contributed by atoms with Gasteiger partial charge in [0.2, 0.25) is 0 Å². The lowest BCUT2D eigenvalue weighted by Crippen LogP contribution is -2.13. The number of benzene rings is 2. The molecule has 2 aromatic carbocycles. The second-order valence-corrected chi connectivity index (χ2v) is 8.75. The fraction of sp³-hybridized carbons (Fsp3) is 0.435. The van der Waals surface area contributed by atoms with Gasteiger partial charge in [0.05, 0.1) is 7.11 Å². The van der Waals surface area contributed by atoms with Crippen molar-refractivity contribution in [2.45, 2.75) is 50.8 Å². The van der Waals surface area contributed by atoms with Gasteiger partial charge in [-0.05, 0) is 50.8 Å². The predicted molar refractivity (Wildman–Crippen MR) is 118 cm³/mol. The fourth-order valence-electron chi connectivity index (χ4n) is 3.35. The van der Waals surface area contributed by atoms with Crippen LogP contribution in [0.3, 0.4) is 0 Å². The number of aldehydes is 1. The molecule has 0 amide bonds. The minimum atomic E-state index is -4.05. The normalized spacial score (nSPS) is 12.3. The highest BCUT2D eigenvalue weighted by atomic mass is 32.2. The molecule has 7 nitrogen and oxygen atoms in total. The molecule has 31 heavy (non-hydrogen) atoms. The van der Waals surface area contributed by atoms with E-state index in [9.17, 15) is 13.2 Å². The Morgan fingerprint density at radius 2 is 1.74 bits per heavy atom. The van der Waals surface area contributed by atoms with Gasteiger partial charge in [-0.2, -0.15) is 8.42 Å². The zero-order valence-electron chi connectivity index (χ0n) is 18.6.